The SMILES string of the molecule is C[C@H]1C[C@@H](CCCCC(C)(C)C)C(=O)O1. The van der Waals surface area contributed by atoms with Crippen LogP contribution in [0.4, 0.5) is 0 Å². The summed E-state index contributed by atoms with van der Waals surface area (Å²) in [6.07, 6.45) is 5.70. The molecular formula is C13H24O2. The van der Waals surface area contributed by atoms with E-state index < -0.39 is 0 Å². The largest absolute Gasteiger partial charge is 0.462 e. The van der Waals surface area contributed by atoms with Crippen molar-refractivity contribution in [3.8, 4) is 0 Å². The number of hydrogen-bond donors (Lipinski definition) is 0. The zero-order valence-electron chi connectivity index (χ0n) is 10.5. The highest BCUT2D eigenvalue weighted by atomic mass is 16.5. The summed E-state index contributed by atoms with van der Waals surface area (Å²) in [6, 6.07) is 0. The fourth-order valence-corrected chi connectivity index (χ4v) is 2.12. The lowest BCUT2D eigenvalue weighted by Crippen LogP contribution is -2.08. The van der Waals surface area contributed by atoms with Crippen molar-refractivity contribution in [1.82, 2.24) is 0 Å². The van der Waals surface area contributed by atoms with Crippen molar-refractivity contribution >= 4 is 5.97 Å². The molecule has 1 fully saturated rings. The lowest BCUT2D eigenvalue weighted by atomic mass is 9.88. The van der Waals surface area contributed by atoms with E-state index in [0.717, 1.165) is 19.3 Å². The zero-order chi connectivity index (χ0) is 11.5. The van der Waals surface area contributed by atoms with Gasteiger partial charge < -0.3 is 4.74 Å². The molecule has 0 spiro atoms. The molecule has 0 saturated carbocycles. The standard InChI is InChI=1S/C13H24O2/c1-10-9-11(12(14)15-10)7-5-6-8-13(2,3)4/h10-11H,5-9H2,1-4H3/t10-,11+/m0/s1. The topological polar surface area (TPSA) is 26.3 Å². The maximum Gasteiger partial charge on any atom is 0.309 e. The summed E-state index contributed by atoms with van der Waals surface area (Å²) < 4.78 is 5.13. The summed E-state index contributed by atoms with van der Waals surface area (Å²) in [4.78, 5) is 11.4. The van der Waals surface area contributed by atoms with Gasteiger partial charge in [-0.05, 0) is 31.6 Å². The quantitative estimate of drug-likeness (QED) is 0.526. The minimum atomic E-state index is 0.0262. The Morgan fingerprint density at radius 1 is 1.33 bits per heavy atom. The summed E-state index contributed by atoms with van der Waals surface area (Å²) in [6.45, 7) is 8.77. The third-order valence-electron chi connectivity index (χ3n) is 3.00. The molecule has 0 bridgehead atoms. The minimum Gasteiger partial charge on any atom is -0.462 e. The van der Waals surface area contributed by atoms with Crippen molar-refractivity contribution < 1.29 is 9.53 Å². The highest BCUT2D eigenvalue weighted by molar-refractivity contribution is 5.74. The van der Waals surface area contributed by atoms with Gasteiger partial charge in [0.05, 0.1) is 12.0 Å². The summed E-state index contributed by atoms with van der Waals surface area (Å²) in [5.74, 6) is 0.207. The fraction of sp³-hybridized carbons (Fsp3) is 0.923. The van der Waals surface area contributed by atoms with Crippen LogP contribution in [0, 0.1) is 11.3 Å². The van der Waals surface area contributed by atoms with Gasteiger partial charge in [0.15, 0.2) is 0 Å². The molecule has 15 heavy (non-hydrogen) atoms. The van der Waals surface area contributed by atoms with Crippen LogP contribution in [0.5, 0.6) is 0 Å². The van der Waals surface area contributed by atoms with Gasteiger partial charge in [-0.3, -0.25) is 4.79 Å². The average molecular weight is 212 g/mol. The molecule has 0 radical (unpaired) electrons. The van der Waals surface area contributed by atoms with Crippen molar-refractivity contribution in [2.24, 2.45) is 11.3 Å². The van der Waals surface area contributed by atoms with Crippen LogP contribution in [-0.2, 0) is 9.53 Å². The molecule has 1 aliphatic rings. The van der Waals surface area contributed by atoms with Crippen LogP contribution in [0.15, 0.2) is 0 Å². The van der Waals surface area contributed by atoms with Crippen LogP contribution < -0.4 is 0 Å². The van der Waals surface area contributed by atoms with E-state index in [1.165, 1.54) is 12.8 Å². The molecule has 0 amide bonds. The van der Waals surface area contributed by atoms with Crippen LogP contribution in [-0.4, -0.2) is 12.1 Å². The number of ether oxygens (including phenoxy) is 1. The Balaban J connectivity index is 2.13. The molecule has 1 aliphatic heterocycles. The lowest BCUT2D eigenvalue weighted by molar-refractivity contribution is -0.143. The maximum absolute atomic E-state index is 11.4. The van der Waals surface area contributed by atoms with Gasteiger partial charge in [-0.1, -0.05) is 33.6 Å². The van der Waals surface area contributed by atoms with E-state index in [-0.39, 0.29) is 18.0 Å². The van der Waals surface area contributed by atoms with Crippen LogP contribution in [0.2, 0.25) is 0 Å². The van der Waals surface area contributed by atoms with E-state index >= 15 is 0 Å². The Labute approximate surface area is 93.4 Å². The zero-order valence-corrected chi connectivity index (χ0v) is 10.5. The van der Waals surface area contributed by atoms with Gasteiger partial charge in [-0.25, -0.2) is 0 Å². The lowest BCUT2D eigenvalue weighted by Gasteiger charge is -2.17. The normalized spacial score (nSPS) is 26.8. The van der Waals surface area contributed by atoms with Gasteiger partial charge in [0.1, 0.15) is 0 Å². The monoisotopic (exact) mass is 212 g/mol. The Morgan fingerprint density at radius 2 is 2.00 bits per heavy atom. The molecule has 2 atom stereocenters. The molecule has 0 aromatic heterocycles. The van der Waals surface area contributed by atoms with E-state index in [9.17, 15) is 4.79 Å². The van der Waals surface area contributed by atoms with E-state index in [2.05, 4.69) is 20.8 Å². The summed E-state index contributed by atoms with van der Waals surface area (Å²) in [7, 11) is 0. The highest BCUT2D eigenvalue weighted by Gasteiger charge is 2.30. The van der Waals surface area contributed by atoms with E-state index in [1.807, 2.05) is 6.92 Å². The number of rotatable bonds is 4. The number of unbranched alkanes of at least 4 members (excludes halogenated alkanes) is 1. The first-order chi connectivity index (χ1) is 6.88. The number of carbonyl (C=O) groups excluding carboxylic acids is 1. The van der Waals surface area contributed by atoms with E-state index in [0.29, 0.717) is 5.41 Å². The number of cyclic esters (lactones) is 1. The Kier molecular flexibility index (Phi) is 4.18. The van der Waals surface area contributed by atoms with Crippen molar-refractivity contribution in [1.29, 1.82) is 0 Å². The third kappa shape index (κ3) is 4.67. The van der Waals surface area contributed by atoms with Crippen molar-refractivity contribution in [2.45, 2.75) is 65.9 Å². The van der Waals surface area contributed by atoms with Crippen LogP contribution in [0.3, 0.4) is 0 Å². The van der Waals surface area contributed by atoms with Crippen LogP contribution in [0.1, 0.15) is 59.8 Å². The van der Waals surface area contributed by atoms with Crippen molar-refractivity contribution in [2.75, 3.05) is 0 Å². The van der Waals surface area contributed by atoms with Gasteiger partial charge in [-0.2, -0.15) is 0 Å². The van der Waals surface area contributed by atoms with E-state index in [1.54, 1.807) is 0 Å². The predicted molar refractivity (Wildman–Crippen MR) is 61.6 cm³/mol. The fourth-order valence-electron chi connectivity index (χ4n) is 2.12. The minimum absolute atomic E-state index is 0.0262. The second-order valence-corrected chi connectivity index (χ2v) is 5.99. The number of esters is 1. The maximum atomic E-state index is 11.4. The summed E-state index contributed by atoms with van der Waals surface area (Å²) in [5.41, 5.74) is 0.420. The molecule has 0 unspecified atom stereocenters. The molecule has 1 heterocycles. The van der Waals surface area contributed by atoms with E-state index in [4.69, 9.17) is 4.74 Å². The molecule has 0 aromatic carbocycles. The molecule has 0 N–H and O–H groups in total. The first-order valence-electron chi connectivity index (χ1n) is 6.09. The number of hydrogen-bond acceptors (Lipinski definition) is 2. The molecule has 0 aromatic rings. The van der Waals surface area contributed by atoms with Gasteiger partial charge in [0.2, 0.25) is 0 Å². The molecule has 0 aliphatic carbocycles. The van der Waals surface area contributed by atoms with Crippen molar-refractivity contribution in [3.05, 3.63) is 0 Å². The highest BCUT2D eigenvalue weighted by Crippen LogP contribution is 2.27. The smallest absolute Gasteiger partial charge is 0.309 e. The van der Waals surface area contributed by atoms with Crippen LogP contribution >= 0.6 is 0 Å². The Bertz CT molecular complexity index is 215. The second-order valence-electron chi connectivity index (χ2n) is 5.99. The molecule has 88 valence electrons. The van der Waals surface area contributed by atoms with Gasteiger partial charge in [0, 0.05) is 0 Å². The molecule has 1 rings (SSSR count). The third-order valence-corrected chi connectivity index (χ3v) is 3.00. The predicted octanol–water partition coefficient (Wildman–Crippen LogP) is 3.54. The summed E-state index contributed by atoms with van der Waals surface area (Å²) >= 11 is 0. The molecule has 1 saturated heterocycles. The van der Waals surface area contributed by atoms with Gasteiger partial charge in [0.25, 0.3) is 0 Å². The molecule has 2 nitrogen and oxygen atoms in total. The average Bonchev–Trinajstić information content (AvgIpc) is 2.37. The molecule has 2 heteroatoms. The van der Waals surface area contributed by atoms with Gasteiger partial charge >= 0.3 is 5.97 Å². The Morgan fingerprint density at radius 3 is 2.47 bits per heavy atom. The Hall–Kier alpha value is -0.530. The van der Waals surface area contributed by atoms with Crippen LogP contribution in [0.25, 0.3) is 0 Å². The first-order valence-corrected chi connectivity index (χ1v) is 6.09. The summed E-state index contributed by atoms with van der Waals surface area (Å²) in [5, 5.41) is 0. The number of carbonyl (C=O) groups is 1. The first kappa shape index (κ1) is 12.5. The van der Waals surface area contributed by atoms with Crippen molar-refractivity contribution in [3.63, 3.8) is 0 Å². The molecular weight excluding hydrogens is 188 g/mol. The second kappa shape index (κ2) is 5.00. The van der Waals surface area contributed by atoms with Gasteiger partial charge in [-0.15, -0.1) is 0 Å².